The van der Waals surface area contributed by atoms with Crippen molar-refractivity contribution in [1.29, 1.82) is 0 Å². The van der Waals surface area contributed by atoms with Gasteiger partial charge in [-0.1, -0.05) is 18.2 Å². The molecule has 0 heterocycles. The molecule has 0 spiro atoms. The molecule has 4 N–H and O–H groups in total. The molecule has 0 radical (unpaired) electrons. The van der Waals surface area contributed by atoms with Crippen LogP contribution in [0, 0.1) is 10.1 Å². The predicted octanol–water partition coefficient (Wildman–Crippen LogP) is 1.96. The van der Waals surface area contributed by atoms with E-state index in [1.54, 1.807) is 24.3 Å². The van der Waals surface area contributed by atoms with Crippen LogP contribution in [0.15, 0.2) is 54.6 Å². The Hall–Kier alpha value is -2.89. The molecule has 2 aromatic rings. The minimum atomic E-state index is -0.459. The first-order valence-electron chi connectivity index (χ1n) is 5.35. The minimum Gasteiger partial charge on any atom is -0.399 e. The summed E-state index contributed by atoms with van der Waals surface area (Å²) >= 11 is 0. The molecule has 1 amide bonds. The molecule has 0 bridgehead atoms. The van der Waals surface area contributed by atoms with E-state index in [0.29, 0.717) is 11.3 Å². The Kier molecular flexibility index (Phi) is 5.04. The Morgan fingerprint density at radius 2 is 1.53 bits per heavy atom. The van der Waals surface area contributed by atoms with Crippen LogP contribution in [0.25, 0.3) is 0 Å². The number of amides is 1. The number of hydrogen-bond acceptors (Lipinski definition) is 4. The fourth-order valence-electron chi connectivity index (χ4n) is 1.20. The molecule has 0 aromatic heterocycles. The number of hydrogen-bond donors (Lipinski definition) is 2. The monoisotopic (exact) mass is 259 g/mol. The van der Waals surface area contributed by atoms with E-state index in [0.717, 1.165) is 0 Å². The van der Waals surface area contributed by atoms with Crippen LogP contribution < -0.4 is 11.5 Å². The molecule has 6 nitrogen and oxygen atoms in total. The number of nitro groups is 1. The fraction of sp³-hybridized carbons (Fsp3) is 0. The lowest BCUT2D eigenvalue weighted by atomic mass is 10.2. The van der Waals surface area contributed by atoms with Crippen molar-refractivity contribution in [3.8, 4) is 0 Å². The summed E-state index contributed by atoms with van der Waals surface area (Å²) in [4.78, 5) is 20.0. The number of benzene rings is 2. The summed E-state index contributed by atoms with van der Waals surface area (Å²) in [6, 6.07) is 14.5. The topological polar surface area (TPSA) is 112 Å². The Morgan fingerprint density at radius 3 is 1.89 bits per heavy atom. The molecule has 0 aliphatic carbocycles. The van der Waals surface area contributed by atoms with E-state index >= 15 is 0 Å². The van der Waals surface area contributed by atoms with Crippen LogP contribution in [0.4, 0.5) is 11.4 Å². The second-order valence-electron chi connectivity index (χ2n) is 3.58. The fourth-order valence-corrected chi connectivity index (χ4v) is 1.20. The van der Waals surface area contributed by atoms with Crippen molar-refractivity contribution < 1.29 is 9.72 Å². The quantitative estimate of drug-likeness (QED) is 0.487. The van der Waals surface area contributed by atoms with Gasteiger partial charge < -0.3 is 11.5 Å². The van der Waals surface area contributed by atoms with Gasteiger partial charge in [0, 0.05) is 23.4 Å². The lowest BCUT2D eigenvalue weighted by Gasteiger charge is -1.90. The summed E-state index contributed by atoms with van der Waals surface area (Å²) in [5, 5.41) is 10.1. The van der Waals surface area contributed by atoms with Gasteiger partial charge in [0.1, 0.15) is 0 Å². The lowest BCUT2D eigenvalue weighted by molar-refractivity contribution is -0.384. The number of carbonyl (C=O) groups excluding carboxylic acids is 1. The molecule has 19 heavy (non-hydrogen) atoms. The summed E-state index contributed by atoms with van der Waals surface area (Å²) in [6.45, 7) is 0. The van der Waals surface area contributed by atoms with Crippen molar-refractivity contribution in [2.45, 2.75) is 0 Å². The SMILES string of the molecule is NC(=O)c1ccccc1.Nc1ccc([N+](=O)[O-])cc1. The molecular formula is C13H13N3O3. The van der Waals surface area contributed by atoms with Crippen LogP contribution in [0.5, 0.6) is 0 Å². The largest absolute Gasteiger partial charge is 0.399 e. The summed E-state index contributed by atoms with van der Waals surface area (Å²) in [6.07, 6.45) is 0. The van der Waals surface area contributed by atoms with E-state index in [9.17, 15) is 14.9 Å². The van der Waals surface area contributed by atoms with E-state index in [4.69, 9.17) is 11.5 Å². The van der Waals surface area contributed by atoms with Gasteiger partial charge in [0.15, 0.2) is 0 Å². The van der Waals surface area contributed by atoms with E-state index < -0.39 is 4.92 Å². The molecule has 0 saturated carbocycles. The van der Waals surface area contributed by atoms with Crippen molar-refractivity contribution in [3.63, 3.8) is 0 Å². The Labute approximate surface area is 109 Å². The highest BCUT2D eigenvalue weighted by Gasteiger charge is 2.00. The number of rotatable bonds is 2. The molecule has 6 heteroatoms. The van der Waals surface area contributed by atoms with Crippen molar-refractivity contribution in [2.75, 3.05) is 5.73 Å². The Bertz CT molecular complexity index is 553. The van der Waals surface area contributed by atoms with Gasteiger partial charge in [-0.25, -0.2) is 0 Å². The molecule has 0 aliphatic heterocycles. The molecule has 0 saturated heterocycles. The van der Waals surface area contributed by atoms with E-state index in [-0.39, 0.29) is 11.6 Å². The number of non-ortho nitro benzene ring substituents is 1. The molecule has 2 rings (SSSR count). The Balaban J connectivity index is 0.000000191. The van der Waals surface area contributed by atoms with Gasteiger partial charge >= 0.3 is 0 Å². The number of primary amides is 1. The van der Waals surface area contributed by atoms with E-state index in [1.165, 1.54) is 24.3 Å². The van der Waals surface area contributed by atoms with Crippen LogP contribution in [-0.4, -0.2) is 10.8 Å². The number of nitrogen functional groups attached to an aromatic ring is 1. The number of anilines is 1. The summed E-state index contributed by atoms with van der Waals surface area (Å²) in [5.74, 6) is -0.379. The summed E-state index contributed by atoms with van der Waals surface area (Å²) in [7, 11) is 0. The van der Waals surface area contributed by atoms with Crippen molar-refractivity contribution in [3.05, 3.63) is 70.3 Å². The predicted molar refractivity (Wildman–Crippen MR) is 72.5 cm³/mol. The highest BCUT2D eigenvalue weighted by Crippen LogP contribution is 2.12. The van der Waals surface area contributed by atoms with Gasteiger partial charge in [0.25, 0.3) is 5.69 Å². The molecule has 0 unspecified atom stereocenters. The molecular weight excluding hydrogens is 246 g/mol. The average molecular weight is 259 g/mol. The third kappa shape index (κ3) is 4.86. The lowest BCUT2D eigenvalue weighted by Crippen LogP contribution is -2.09. The minimum absolute atomic E-state index is 0.0641. The zero-order valence-electron chi connectivity index (χ0n) is 10.0. The van der Waals surface area contributed by atoms with Crippen molar-refractivity contribution in [2.24, 2.45) is 5.73 Å². The number of nitrogens with zero attached hydrogens (tertiary/aromatic N) is 1. The van der Waals surface area contributed by atoms with Gasteiger partial charge in [0.05, 0.1) is 4.92 Å². The second-order valence-corrected chi connectivity index (χ2v) is 3.58. The number of carbonyl (C=O) groups is 1. The van der Waals surface area contributed by atoms with Crippen LogP contribution in [0.1, 0.15) is 10.4 Å². The highest BCUT2D eigenvalue weighted by molar-refractivity contribution is 5.92. The van der Waals surface area contributed by atoms with Gasteiger partial charge in [-0.15, -0.1) is 0 Å². The van der Waals surface area contributed by atoms with Crippen LogP contribution in [-0.2, 0) is 0 Å². The first-order chi connectivity index (χ1) is 9.00. The molecule has 2 aromatic carbocycles. The van der Waals surface area contributed by atoms with E-state index in [2.05, 4.69) is 0 Å². The smallest absolute Gasteiger partial charge is 0.269 e. The van der Waals surface area contributed by atoms with Gasteiger partial charge in [-0.05, 0) is 24.3 Å². The standard InChI is InChI=1S/C7H7NO.C6H6N2O2/c8-7(9)6-4-2-1-3-5-6;7-5-1-3-6(4-2-5)8(9)10/h1-5H,(H2,8,9);1-4H,7H2. The van der Waals surface area contributed by atoms with Crippen LogP contribution >= 0.6 is 0 Å². The van der Waals surface area contributed by atoms with Crippen LogP contribution in [0.2, 0.25) is 0 Å². The first kappa shape index (κ1) is 14.2. The Morgan fingerprint density at radius 1 is 1.00 bits per heavy atom. The van der Waals surface area contributed by atoms with Gasteiger partial charge in [0.2, 0.25) is 5.91 Å². The summed E-state index contributed by atoms with van der Waals surface area (Å²) in [5.41, 5.74) is 11.4. The maximum absolute atomic E-state index is 10.4. The van der Waals surface area contributed by atoms with Gasteiger partial charge in [-0.2, -0.15) is 0 Å². The zero-order valence-corrected chi connectivity index (χ0v) is 10.0. The normalized spacial score (nSPS) is 9.05. The zero-order chi connectivity index (χ0) is 14.3. The second kappa shape index (κ2) is 6.75. The highest BCUT2D eigenvalue weighted by atomic mass is 16.6. The molecule has 0 fully saturated rings. The van der Waals surface area contributed by atoms with Crippen molar-refractivity contribution >= 4 is 17.3 Å². The molecule has 0 aliphatic rings. The van der Waals surface area contributed by atoms with E-state index in [1.807, 2.05) is 6.07 Å². The van der Waals surface area contributed by atoms with Crippen molar-refractivity contribution in [1.82, 2.24) is 0 Å². The molecule has 0 atom stereocenters. The summed E-state index contributed by atoms with van der Waals surface area (Å²) < 4.78 is 0. The number of nitrogens with two attached hydrogens (primary N) is 2. The first-order valence-corrected chi connectivity index (χ1v) is 5.35. The van der Waals surface area contributed by atoms with Crippen LogP contribution in [0.3, 0.4) is 0 Å². The average Bonchev–Trinajstić information content (AvgIpc) is 2.41. The third-order valence-electron chi connectivity index (χ3n) is 2.16. The third-order valence-corrected chi connectivity index (χ3v) is 2.16. The molecule has 98 valence electrons. The maximum atomic E-state index is 10.4. The number of nitro benzene ring substituents is 1. The maximum Gasteiger partial charge on any atom is 0.269 e. The van der Waals surface area contributed by atoms with Gasteiger partial charge in [-0.3, -0.25) is 14.9 Å².